The molecule has 5 nitrogen and oxygen atoms in total. The Morgan fingerprint density at radius 3 is 2.42 bits per heavy atom. The van der Waals surface area contributed by atoms with Crippen molar-refractivity contribution >= 4 is 29.3 Å². The highest BCUT2D eigenvalue weighted by molar-refractivity contribution is 8.00. The number of carbonyl (C=O) groups is 2. The van der Waals surface area contributed by atoms with Gasteiger partial charge < -0.3 is 16.0 Å². The van der Waals surface area contributed by atoms with Crippen LogP contribution in [0.4, 0.5) is 5.69 Å². The lowest BCUT2D eigenvalue weighted by molar-refractivity contribution is -0.127. The van der Waals surface area contributed by atoms with Gasteiger partial charge >= 0.3 is 0 Å². The summed E-state index contributed by atoms with van der Waals surface area (Å²) in [5, 5.41) is 2.82. The second-order valence-electron chi connectivity index (χ2n) is 6.42. The van der Waals surface area contributed by atoms with Gasteiger partial charge in [0.05, 0.1) is 11.5 Å². The summed E-state index contributed by atoms with van der Waals surface area (Å²) in [5.74, 6) is 0.904. The molecule has 1 rings (SSSR count). The lowest BCUT2D eigenvalue weighted by atomic mass is 10.0. The number of hydrogen-bond donors (Lipinski definition) is 2. The lowest BCUT2D eigenvalue weighted by Crippen LogP contribution is -2.35. The minimum atomic E-state index is -0.0962. The molecule has 0 aliphatic carbocycles. The van der Waals surface area contributed by atoms with Crippen LogP contribution in [-0.4, -0.2) is 47.9 Å². The number of thioether (sulfide) groups is 1. The van der Waals surface area contributed by atoms with Crippen molar-refractivity contribution in [1.29, 1.82) is 0 Å². The van der Waals surface area contributed by atoms with Crippen molar-refractivity contribution in [2.75, 3.05) is 30.4 Å². The van der Waals surface area contributed by atoms with Crippen molar-refractivity contribution in [2.24, 2.45) is 11.7 Å². The number of anilines is 1. The summed E-state index contributed by atoms with van der Waals surface area (Å²) in [5.41, 5.74) is 7.91. The first kappa shape index (κ1) is 20.5. The molecule has 0 saturated heterocycles. The Kier molecular flexibility index (Phi) is 8.85. The normalized spacial score (nSPS) is 12.1. The van der Waals surface area contributed by atoms with Gasteiger partial charge in [0.1, 0.15) is 0 Å². The molecule has 0 heterocycles. The van der Waals surface area contributed by atoms with Crippen LogP contribution >= 0.6 is 11.8 Å². The van der Waals surface area contributed by atoms with Crippen LogP contribution in [0.5, 0.6) is 0 Å². The Balaban J connectivity index is 2.24. The molecule has 1 aromatic rings. The number of hydrogen-bond acceptors (Lipinski definition) is 4. The molecular weight excluding hydrogens is 322 g/mol. The zero-order valence-corrected chi connectivity index (χ0v) is 15.9. The zero-order valence-electron chi connectivity index (χ0n) is 15.0. The van der Waals surface area contributed by atoms with E-state index in [-0.39, 0.29) is 23.6 Å². The van der Waals surface area contributed by atoms with Crippen LogP contribution in [-0.2, 0) is 9.59 Å². The molecule has 0 aliphatic rings. The molecule has 3 N–H and O–H groups in total. The fourth-order valence-corrected chi connectivity index (χ4v) is 2.73. The maximum atomic E-state index is 12.0. The van der Waals surface area contributed by atoms with Gasteiger partial charge in [-0.25, -0.2) is 0 Å². The van der Waals surface area contributed by atoms with Crippen LogP contribution in [0.15, 0.2) is 24.3 Å². The van der Waals surface area contributed by atoms with Crippen molar-refractivity contribution in [3.8, 4) is 0 Å². The number of amides is 2. The van der Waals surface area contributed by atoms with Gasteiger partial charge in [0.25, 0.3) is 0 Å². The largest absolute Gasteiger partial charge is 0.345 e. The second-order valence-corrected chi connectivity index (χ2v) is 7.40. The van der Waals surface area contributed by atoms with Crippen molar-refractivity contribution in [3.05, 3.63) is 29.8 Å². The molecule has 6 heteroatoms. The number of rotatable bonds is 9. The average Bonchev–Trinajstić information content (AvgIpc) is 2.54. The van der Waals surface area contributed by atoms with Gasteiger partial charge in [0.2, 0.25) is 11.8 Å². The molecule has 24 heavy (non-hydrogen) atoms. The minimum absolute atomic E-state index is 0.0269. The van der Waals surface area contributed by atoms with Gasteiger partial charge in [-0.3, -0.25) is 9.59 Å². The standard InChI is InChI=1S/C18H29N3O2S/c1-13(2)16(19)9-10-21(4)18(23)12-24-11-17(22)20-15-7-5-14(3)6-8-15/h5-8,13,16H,9-12,19H2,1-4H3,(H,20,22). The van der Waals surface area contributed by atoms with Crippen molar-refractivity contribution in [3.63, 3.8) is 0 Å². The lowest BCUT2D eigenvalue weighted by Gasteiger charge is -2.21. The van der Waals surface area contributed by atoms with Crippen LogP contribution in [0.1, 0.15) is 25.8 Å². The summed E-state index contributed by atoms with van der Waals surface area (Å²) in [4.78, 5) is 25.6. The van der Waals surface area contributed by atoms with E-state index in [9.17, 15) is 9.59 Å². The molecule has 0 fully saturated rings. The Morgan fingerprint density at radius 1 is 1.21 bits per heavy atom. The minimum Gasteiger partial charge on any atom is -0.345 e. The first-order valence-electron chi connectivity index (χ1n) is 8.23. The van der Waals surface area contributed by atoms with Crippen LogP contribution in [0, 0.1) is 12.8 Å². The number of nitrogens with one attached hydrogen (secondary N) is 1. The summed E-state index contributed by atoms with van der Waals surface area (Å²) in [6, 6.07) is 7.74. The fraction of sp³-hybridized carbons (Fsp3) is 0.556. The summed E-state index contributed by atoms with van der Waals surface area (Å²) in [6.45, 7) is 6.80. The first-order chi connectivity index (χ1) is 11.3. The monoisotopic (exact) mass is 351 g/mol. The van der Waals surface area contributed by atoms with Crippen LogP contribution in [0.2, 0.25) is 0 Å². The molecule has 0 spiro atoms. The summed E-state index contributed by atoms with van der Waals surface area (Å²) in [6.07, 6.45) is 0.790. The van der Waals surface area contributed by atoms with E-state index in [0.717, 1.165) is 17.7 Å². The van der Waals surface area contributed by atoms with Crippen LogP contribution < -0.4 is 11.1 Å². The van der Waals surface area contributed by atoms with Crippen LogP contribution in [0.3, 0.4) is 0 Å². The smallest absolute Gasteiger partial charge is 0.234 e. The number of benzene rings is 1. The zero-order chi connectivity index (χ0) is 18.1. The topological polar surface area (TPSA) is 75.4 Å². The first-order valence-corrected chi connectivity index (χ1v) is 9.39. The van der Waals surface area contributed by atoms with Crippen molar-refractivity contribution in [2.45, 2.75) is 33.2 Å². The van der Waals surface area contributed by atoms with E-state index >= 15 is 0 Å². The fourth-order valence-electron chi connectivity index (χ4n) is 1.98. The second kappa shape index (κ2) is 10.4. The van der Waals surface area contributed by atoms with E-state index in [1.807, 2.05) is 31.2 Å². The molecular formula is C18H29N3O2S. The molecule has 1 unspecified atom stereocenters. The maximum Gasteiger partial charge on any atom is 0.234 e. The van der Waals surface area contributed by atoms with E-state index in [2.05, 4.69) is 19.2 Å². The highest BCUT2D eigenvalue weighted by Crippen LogP contribution is 2.10. The molecule has 0 aliphatic heterocycles. The van der Waals surface area contributed by atoms with E-state index in [1.54, 1.807) is 11.9 Å². The summed E-state index contributed by atoms with van der Waals surface area (Å²) in [7, 11) is 1.78. The van der Waals surface area contributed by atoms with Gasteiger partial charge in [0.15, 0.2) is 0 Å². The number of aryl methyl sites for hydroxylation is 1. The summed E-state index contributed by atoms with van der Waals surface area (Å²) < 4.78 is 0. The predicted molar refractivity (Wildman–Crippen MR) is 102 cm³/mol. The molecule has 0 radical (unpaired) electrons. The van der Waals surface area contributed by atoms with E-state index in [4.69, 9.17) is 5.73 Å². The average molecular weight is 352 g/mol. The number of nitrogens with zero attached hydrogens (tertiary/aromatic N) is 1. The highest BCUT2D eigenvalue weighted by atomic mass is 32.2. The molecule has 1 aromatic carbocycles. The number of carbonyl (C=O) groups excluding carboxylic acids is 2. The van der Waals surface area contributed by atoms with E-state index in [0.29, 0.717) is 18.2 Å². The molecule has 0 saturated carbocycles. The Hall–Kier alpha value is -1.53. The van der Waals surface area contributed by atoms with Gasteiger partial charge in [-0.2, -0.15) is 0 Å². The molecule has 1 atom stereocenters. The third-order valence-electron chi connectivity index (χ3n) is 3.87. The Labute approximate surface area is 149 Å². The van der Waals surface area contributed by atoms with Crippen LogP contribution in [0.25, 0.3) is 0 Å². The van der Waals surface area contributed by atoms with E-state index < -0.39 is 0 Å². The summed E-state index contributed by atoms with van der Waals surface area (Å²) >= 11 is 1.33. The molecule has 134 valence electrons. The Morgan fingerprint density at radius 2 is 1.83 bits per heavy atom. The highest BCUT2D eigenvalue weighted by Gasteiger charge is 2.13. The van der Waals surface area contributed by atoms with Gasteiger partial charge in [-0.1, -0.05) is 31.5 Å². The molecule has 0 bridgehead atoms. The number of nitrogens with two attached hydrogens (primary N) is 1. The SMILES string of the molecule is Cc1ccc(NC(=O)CSCC(=O)N(C)CCC(N)C(C)C)cc1. The quantitative estimate of drug-likeness (QED) is 0.717. The third-order valence-corrected chi connectivity index (χ3v) is 4.79. The molecule has 0 aromatic heterocycles. The van der Waals surface area contributed by atoms with Crippen molar-refractivity contribution in [1.82, 2.24) is 4.90 Å². The van der Waals surface area contributed by atoms with E-state index in [1.165, 1.54) is 11.8 Å². The van der Waals surface area contributed by atoms with Gasteiger partial charge in [-0.05, 0) is 31.4 Å². The van der Waals surface area contributed by atoms with Gasteiger partial charge in [-0.15, -0.1) is 11.8 Å². The third kappa shape index (κ3) is 7.84. The predicted octanol–water partition coefficient (Wildman–Crippen LogP) is 2.50. The molecule has 2 amide bonds. The van der Waals surface area contributed by atoms with Crippen molar-refractivity contribution < 1.29 is 9.59 Å². The maximum absolute atomic E-state index is 12.0. The Bertz CT molecular complexity index is 532. The van der Waals surface area contributed by atoms with Gasteiger partial charge in [0, 0.05) is 25.3 Å².